The summed E-state index contributed by atoms with van der Waals surface area (Å²) in [6.07, 6.45) is 0. The van der Waals surface area contributed by atoms with E-state index in [9.17, 15) is 0 Å². The topological polar surface area (TPSA) is 71.9 Å². The van der Waals surface area contributed by atoms with Crippen molar-refractivity contribution in [1.82, 2.24) is 10.1 Å². The number of ether oxygens (including phenoxy) is 1. The summed E-state index contributed by atoms with van der Waals surface area (Å²) >= 11 is 7.54. The number of thiophene rings is 1. The minimum atomic E-state index is 0.139. The smallest absolute Gasteiger partial charge is 0.268 e. The van der Waals surface area contributed by atoms with Crippen LogP contribution in [0.25, 0.3) is 10.8 Å². The standard InChI is InChI=1S/C14H8ClN3O2S/c15-10-6-9(7-16)3-4-11(10)19-8-13-17-14(20-18-13)12-2-1-5-21-12/h1-6H,8H2. The Kier molecular flexibility index (Phi) is 3.86. The van der Waals surface area contributed by atoms with Gasteiger partial charge < -0.3 is 9.26 Å². The summed E-state index contributed by atoms with van der Waals surface area (Å²) in [7, 11) is 0. The zero-order chi connectivity index (χ0) is 14.7. The van der Waals surface area contributed by atoms with Crippen LogP contribution >= 0.6 is 22.9 Å². The van der Waals surface area contributed by atoms with Crippen molar-refractivity contribution in [2.75, 3.05) is 0 Å². The van der Waals surface area contributed by atoms with Crippen LogP contribution in [-0.4, -0.2) is 10.1 Å². The Morgan fingerprint density at radius 3 is 3.00 bits per heavy atom. The second-order valence-corrected chi connectivity index (χ2v) is 5.39. The van der Waals surface area contributed by atoms with Crippen LogP contribution in [-0.2, 0) is 6.61 Å². The fourth-order valence-corrected chi connectivity index (χ4v) is 2.52. The highest BCUT2D eigenvalue weighted by atomic mass is 35.5. The highest BCUT2D eigenvalue weighted by molar-refractivity contribution is 7.13. The van der Waals surface area contributed by atoms with Crippen LogP contribution in [0.4, 0.5) is 0 Å². The zero-order valence-electron chi connectivity index (χ0n) is 10.6. The number of hydrogen-bond donors (Lipinski definition) is 0. The number of rotatable bonds is 4. The first-order valence-corrected chi connectivity index (χ1v) is 7.21. The maximum atomic E-state index is 8.77. The van der Waals surface area contributed by atoms with E-state index in [1.54, 1.807) is 18.2 Å². The maximum absolute atomic E-state index is 8.77. The van der Waals surface area contributed by atoms with Gasteiger partial charge in [-0.2, -0.15) is 10.2 Å². The molecule has 1 aromatic carbocycles. The Hall–Kier alpha value is -2.36. The first-order valence-electron chi connectivity index (χ1n) is 5.95. The highest BCUT2D eigenvalue weighted by Crippen LogP contribution is 2.26. The molecule has 0 bridgehead atoms. The molecule has 0 amide bonds. The molecule has 104 valence electrons. The molecule has 2 aromatic heterocycles. The van der Waals surface area contributed by atoms with Crippen LogP contribution in [0.15, 0.2) is 40.2 Å². The molecule has 0 radical (unpaired) electrons. The summed E-state index contributed by atoms with van der Waals surface area (Å²) in [6.45, 7) is 0.139. The lowest BCUT2D eigenvalue weighted by Crippen LogP contribution is -1.98. The molecule has 2 heterocycles. The Labute approximate surface area is 129 Å². The van der Waals surface area contributed by atoms with Crippen LogP contribution in [0.1, 0.15) is 11.4 Å². The summed E-state index contributed by atoms with van der Waals surface area (Å²) < 4.78 is 10.7. The molecular formula is C14H8ClN3O2S. The Balaban J connectivity index is 1.70. The molecule has 0 saturated carbocycles. The van der Waals surface area contributed by atoms with E-state index in [1.807, 2.05) is 23.6 Å². The second-order valence-electron chi connectivity index (χ2n) is 4.04. The molecule has 0 unspecified atom stereocenters. The third kappa shape index (κ3) is 3.05. The van der Waals surface area contributed by atoms with Crippen molar-refractivity contribution in [3.05, 3.63) is 52.1 Å². The molecule has 7 heteroatoms. The Morgan fingerprint density at radius 1 is 1.38 bits per heavy atom. The van der Waals surface area contributed by atoms with E-state index in [1.165, 1.54) is 11.3 Å². The zero-order valence-corrected chi connectivity index (χ0v) is 12.2. The van der Waals surface area contributed by atoms with Crippen molar-refractivity contribution in [3.8, 4) is 22.6 Å². The number of nitriles is 1. The van der Waals surface area contributed by atoms with Crippen LogP contribution in [0, 0.1) is 11.3 Å². The largest absolute Gasteiger partial charge is 0.484 e. The van der Waals surface area contributed by atoms with E-state index < -0.39 is 0 Å². The van der Waals surface area contributed by atoms with E-state index in [4.69, 9.17) is 26.1 Å². The summed E-state index contributed by atoms with van der Waals surface area (Å²) in [6, 6.07) is 10.6. The SMILES string of the molecule is N#Cc1ccc(OCc2noc(-c3cccs3)n2)c(Cl)c1. The van der Waals surface area contributed by atoms with Gasteiger partial charge in [-0.15, -0.1) is 11.3 Å². The van der Waals surface area contributed by atoms with E-state index in [0.717, 1.165) is 4.88 Å². The van der Waals surface area contributed by atoms with E-state index in [-0.39, 0.29) is 6.61 Å². The Bertz CT molecular complexity index is 793. The van der Waals surface area contributed by atoms with Gasteiger partial charge in [-0.1, -0.05) is 22.8 Å². The third-order valence-corrected chi connectivity index (χ3v) is 3.77. The number of halogens is 1. The quantitative estimate of drug-likeness (QED) is 0.729. The van der Waals surface area contributed by atoms with Gasteiger partial charge in [0, 0.05) is 0 Å². The predicted octanol–water partition coefficient (Wildman–Crippen LogP) is 3.90. The molecule has 3 aromatic rings. The number of nitrogens with zero attached hydrogens (tertiary/aromatic N) is 3. The molecule has 0 aliphatic rings. The molecule has 3 rings (SSSR count). The predicted molar refractivity (Wildman–Crippen MR) is 78.1 cm³/mol. The highest BCUT2D eigenvalue weighted by Gasteiger charge is 2.11. The van der Waals surface area contributed by atoms with Crippen molar-refractivity contribution in [3.63, 3.8) is 0 Å². The van der Waals surface area contributed by atoms with Crippen LogP contribution in [0.5, 0.6) is 5.75 Å². The Morgan fingerprint density at radius 2 is 2.29 bits per heavy atom. The average Bonchev–Trinajstić information content (AvgIpc) is 3.16. The summed E-state index contributed by atoms with van der Waals surface area (Å²) in [4.78, 5) is 5.15. The van der Waals surface area contributed by atoms with Gasteiger partial charge >= 0.3 is 0 Å². The fourth-order valence-electron chi connectivity index (χ4n) is 1.64. The van der Waals surface area contributed by atoms with E-state index >= 15 is 0 Å². The lowest BCUT2D eigenvalue weighted by molar-refractivity contribution is 0.287. The lowest BCUT2D eigenvalue weighted by Gasteiger charge is -2.05. The molecule has 0 aliphatic heterocycles. The minimum absolute atomic E-state index is 0.139. The summed E-state index contributed by atoms with van der Waals surface area (Å²) in [5.74, 6) is 1.37. The monoisotopic (exact) mass is 317 g/mol. The fraction of sp³-hybridized carbons (Fsp3) is 0.0714. The first-order chi connectivity index (χ1) is 10.3. The van der Waals surface area contributed by atoms with Crippen molar-refractivity contribution in [2.45, 2.75) is 6.61 Å². The molecule has 5 nitrogen and oxygen atoms in total. The number of benzene rings is 1. The molecule has 0 aliphatic carbocycles. The van der Waals surface area contributed by atoms with Gasteiger partial charge in [-0.25, -0.2) is 0 Å². The van der Waals surface area contributed by atoms with Crippen molar-refractivity contribution < 1.29 is 9.26 Å². The van der Waals surface area contributed by atoms with Crippen LogP contribution in [0.3, 0.4) is 0 Å². The molecular weight excluding hydrogens is 310 g/mol. The van der Waals surface area contributed by atoms with Gasteiger partial charge in [0.05, 0.1) is 21.5 Å². The maximum Gasteiger partial charge on any atom is 0.268 e. The van der Waals surface area contributed by atoms with Gasteiger partial charge in [0.25, 0.3) is 5.89 Å². The molecule has 0 atom stereocenters. The second kappa shape index (κ2) is 5.95. The van der Waals surface area contributed by atoms with E-state index in [2.05, 4.69) is 10.1 Å². The minimum Gasteiger partial charge on any atom is -0.484 e. The number of aromatic nitrogens is 2. The van der Waals surface area contributed by atoms with Crippen molar-refractivity contribution in [1.29, 1.82) is 5.26 Å². The van der Waals surface area contributed by atoms with Gasteiger partial charge in [0.15, 0.2) is 6.61 Å². The molecule has 0 saturated heterocycles. The van der Waals surface area contributed by atoms with Crippen molar-refractivity contribution in [2.24, 2.45) is 0 Å². The van der Waals surface area contributed by atoms with Crippen molar-refractivity contribution >= 4 is 22.9 Å². The molecule has 21 heavy (non-hydrogen) atoms. The van der Waals surface area contributed by atoms with Crippen LogP contribution < -0.4 is 4.74 Å². The molecule has 0 spiro atoms. The third-order valence-electron chi connectivity index (χ3n) is 2.62. The first kappa shape index (κ1) is 13.6. The molecule has 0 N–H and O–H groups in total. The normalized spacial score (nSPS) is 10.3. The summed E-state index contributed by atoms with van der Waals surface area (Å²) in [5.41, 5.74) is 0.479. The van der Waals surface area contributed by atoms with E-state index in [0.29, 0.717) is 28.1 Å². The summed E-state index contributed by atoms with van der Waals surface area (Å²) in [5, 5.41) is 14.9. The lowest BCUT2D eigenvalue weighted by atomic mass is 10.2. The van der Waals surface area contributed by atoms with Gasteiger partial charge in [0.2, 0.25) is 5.82 Å². The number of hydrogen-bond acceptors (Lipinski definition) is 6. The van der Waals surface area contributed by atoms with Gasteiger partial charge in [0.1, 0.15) is 5.75 Å². The van der Waals surface area contributed by atoms with Gasteiger partial charge in [-0.05, 0) is 29.6 Å². The average molecular weight is 318 g/mol. The van der Waals surface area contributed by atoms with Gasteiger partial charge in [-0.3, -0.25) is 0 Å². The van der Waals surface area contributed by atoms with Crippen LogP contribution in [0.2, 0.25) is 5.02 Å². The molecule has 0 fully saturated rings.